The minimum absolute atomic E-state index is 0.0132. The first-order chi connectivity index (χ1) is 19.8. The van der Waals surface area contributed by atoms with Gasteiger partial charge in [0.15, 0.2) is 0 Å². The van der Waals surface area contributed by atoms with E-state index in [1.54, 1.807) is 37.8 Å². The van der Waals surface area contributed by atoms with Crippen LogP contribution in [0.2, 0.25) is 0 Å². The van der Waals surface area contributed by atoms with E-state index in [1.165, 1.54) is 116 Å². The fourth-order valence-corrected chi connectivity index (χ4v) is 19.7. The van der Waals surface area contributed by atoms with Crippen molar-refractivity contribution in [2.24, 2.45) is 5.92 Å². The van der Waals surface area contributed by atoms with Gasteiger partial charge in [0.25, 0.3) is 0 Å². The molecule has 0 bridgehead atoms. The summed E-state index contributed by atoms with van der Waals surface area (Å²) in [4.78, 5) is 2.81. The summed E-state index contributed by atoms with van der Waals surface area (Å²) in [5.74, 6) is 0.947. The van der Waals surface area contributed by atoms with Crippen molar-refractivity contribution in [3.63, 3.8) is 0 Å². The molecule has 1 heterocycles. The van der Waals surface area contributed by atoms with Crippen molar-refractivity contribution in [3.8, 4) is 0 Å². The number of hydrogen-bond acceptors (Lipinski definition) is 1. The van der Waals surface area contributed by atoms with Crippen LogP contribution in [0.3, 0.4) is 0 Å². The zero-order valence-electron chi connectivity index (χ0n) is 25.9. The first kappa shape index (κ1) is 28.6. The summed E-state index contributed by atoms with van der Waals surface area (Å²) in [5, 5.41) is 1.93. The molecule has 5 fully saturated rings. The van der Waals surface area contributed by atoms with Crippen LogP contribution in [-0.2, 0) is 0 Å². The van der Waals surface area contributed by atoms with Gasteiger partial charge in [0.2, 0.25) is 0 Å². The van der Waals surface area contributed by atoms with Crippen LogP contribution in [0.4, 0.5) is 5.69 Å². The highest BCUT2D eigenvalue weighted by Gasteiger charge is 2.50. The molecule has 1 aliphatic heterocycles. The number of nitrogens with zero attached hydrogens (tertiary/aromatic N) is 1. The van der Waals surface area contributed by atoms with E-state index in [9.17, 15) is 0 Å². The van der Waals surface area contributed by atoms with Gasteiger partial charge >= 0.3 is 0 Å². The van der Waals surface area contributed by atoms with Gasteiger partial charge < -0.3 is 4.90 Å². The Kier molecular flexibility index (Phi) is 9.49. The van der Waals surface area contributed by atoms with Crippen molar-refractivity contribution in [2.45, 2.75) is 182 Å². The fourth-order valence-electron chi connectivity index (χ4n) is 10.9. The van der Waals surface area contributed by atoms with Crippen molar-refractivity contribution < 1.29 is 0 Å². The Bertz CT molecular complexity index is 917. The zero-order chi connectivity index (χ0) is 26.9. The molecule has 0 N–H and O–H groups in total. The second kappa shape index (κ2) is 13.3. The molecule has 40 heavy (non-hydrogen) atoms. The van der Waals surface area contributed by atoms with Gasteiger partial charge in [-0.2, -0.15) is 0 Å². The van der Waals surface area contributed by atoms with Crippen molar-refractivity contribution in [2.75, 3.05) is 11.9 Å². The summed E-state index contributed by atoms with van der Waals surface area (Å²) in [7, 11) is 2.67. The molecule has 1 aromatic carbocycles. The Hall–Kier alpha value is -0.120. The topological polar surface area (TPSA) is 3.24 Å². The van der Waals surface area contributed by atoms with Crippen LogP contribution < -0.4 is 10.2 Å². The lowest BCUT2D eigenvalue weighted by molar-refractivity contribution is 0.399. The Morgan fingerprint density at radius 3 is 1.57 bits per heavy atom. The Labute approximate surface area is 249 Å². The first-order valence-corrected chi connectivity index (χ1v) is 21.3. The summed E-state index contributed by atoms with van der Waals surface area (Å²) in [6, 6.07) is 8.43. The number of rotatable bonds is 7. The molecule has 1 nitrogen and oxygen atoms in total. The van der Waals surface area contributed by atoms with Gasteiger partial charge in [-0.15, -0.1) is 0 Å². The van der Waals surface area contributed by atoms with Gasteiger partial charge in [0.05, 0.1) is 6.04 Å². The molecule has 0 saturated heterocycles. The largest absolute Gasteiger partial charge is 0.367 e. The quantitative estimate of drug-likeness (QED) is 0.290. The number of benzene rings is 1. The second-order valence-electron chi connectivity index (χ2n) is 14.9. The summed E-state index contributed by atoms with van der Waals surface area (Å²) < 4.78 is 0. The van der Waals surface area contributed by atoms with Crippen LogP contribution in [0.1, 0.15) is 159 Å². The van der Waals surface area contributed by atoms with Gasteiger partial charge in [-0.3, -0.25) is 0 Å². The summed E-state index contributed by atoms with van der Waals surface area (Å²) in [6.45, 7) is 0. The second-order valence-corrected chi connectivity index (χ2v) is 20.7. The molecular formula is C37H59NP2. The maximum absolute atomic E-state index is 2.81. The number of anilines is 1. The molecule has 3 heteroatoms. The normalized spacial score (nSPS) is 31.6. The van der Waals surface area contributed by atoms with Gasteiger partial charge in [0, 0.05) is 18.3 Å². The Balaban J connectivity index is 1.22. The van der Waals surface area contributed by atoms with Crippen molar-refractivity contribution in [1.82, 2.24) is 0 Å². The minimum atomic E-state index is -0.0132. The van der Waals surface area contributed by atoms with E-state index in [1.807, 2.05) is 10.9 Å². The Morgan fingerprint density at radius 1 is 0.550 bits per heavy atom. The molecule has 0 radical (unpaired) electrons. The highest BCUT2D eigenvalue weighted by atomic mass is 31.1. The van der Waals surface area contributed by atoms with E-state index in [2.05, 4.69) is 30.1 Å². The lowest BCUT2D eigenvalue weighted by Crippen LogP contribution is -2.46. The van der Waals surface area contributed by atoms with Gasteiger partial charge in [0.1, 0.15) is 0 Å². The molecule has 0 amide bonds. The van der Waals surface area contributed by atoms with Crippen LogP contribution in [0.25, 0.3) is 0 Å². The smallest absolute Gasteiger partial charge is 0.0600 e. The lowest BCUT2D eigenvalue weighted by Gasteiger charge is -2.53. The summed E-state index contributed by atoms with van der Waals surface area (Å²) in [5.41, 5.74) is 8.87. The average Bonchev–Trinajstić information content (AvgIpc) is 3.48. The minimum Gasteiger partial charge on any atom is -0.367 e. The van der Waals surface area contributed by atoms with E-state index in [-0.39, 0.29) is 15.8 Å². The van der Waals surface area contributed by atoms with E-state index < -0.39 is 0 Å². The SMILES string of the molecule is CN1c2cccc(P(C3CCCCC3)C3CCCCC3)c2[C@@H]1[C@H]1CCC[C@H]1P(C1CCCCC1)C1CCCCC1. The maximum atomic E-state index is 2.81. The molecule has 1 aromatic rings. The number of fused-ring (bicyclic) bond motifs is 1. The van der Waals surface area contributed by atoms with Crippen LogP contribution in [0.5, 0.6) is 0 Å². The average molecular weight is 580 g/mol. The highest BCUT2D eigenvalue weighted by molar-refractivity contribution is 7.67. The zero-order valence-corrected chi connectivity index (χ0v) is 27.7. The molecule has 5 saturated carbocycles. The molecule has 0 spiro atoms. The maximum Gasteiger partial charge on any atom is 0.0600 e. The molecular weight excluding hydrogens is 520 g/mol. The third-order valence-corrected chi connectivity index (χ3v) is 20.4. The van der Waals surface area contributed by atoms with Crippen LogP contribution in [-0.4, -0.2) is 35.3 Å². The standard InChI is InChI=1S/C37H59NP2/c1-38-33-25-15-27-35(40(30-20-10-4-11-21-30)31-22-12-5-13-23-31)36(33)37(38)32-24-14-26-34(32)39(28-16-6-2-7-17-28)29-18-8-3-9-19-29/h15,25,27-32,34,37H,2-14,16-24,26H2,1H3/t32-,34+,37-/m0/s1. The highest BCUT2D eigenvalue weighted by Crippen LogP contribution is 2.67. The molecule has 6 aliphatic rings. The molecule has 5 aliphatic carbocycles. The lowest BCUT2D eigenvalue weighted by atomic mass is 9.82. The molecule has 3 atom stereocenters. The van der Waals surface area contributed by atoms with Crippen LogP contribution >= 0.6 is 15.8 Å². The molecule has 0 unspecified atom stereocenters. The Morgan fingerprint density at radius 2 is 1.05 bits per heavy atom. The molecule has 7 rings (SSSR count). The summed E-state index contributed by atoms with van der Waals surface area (Å²) in [6.07, 6.45) is 35.3. The monoisotopic (exact) mass is 579 g/mol. The van der Waals surface area contributed by atoms with Crippen LogP contribution in [0, 0.1) is 5.92 Å². The van der Waals surface area contributed by atoms with E-state index in [0.29, 0.717) is 0 Å². The van der Waals surface area contributed by atoms with Gasteiger partial charge in [-0.05, 0) is 110 Å². The molecule has 0 aromatic heterocycles. The third kappa shape index (κ3) is 5.60. The fraction of sp³-hybridized carbons (Fsp3) is 0.838. The van der Waals surface area contributed by atoms with Gasteiger partial charge in [-0.25, -0.2) is 0 Å². The van der Waals surface area contributed by atoms with E-state index in [0.717, 1.165) is 40.3 Å². The molecule has 222 valence electrons. The van der Waals surface area contributed by atoms with E-state index in [4.69, 9.17) is 0 Å². The predicted molar refractivity (Wildman–Crippen MR) is 180 cm³/mol. The summed E-state index contributed by atoms with van der Waals surface area (Å²) >= 11 is 0. The first-order valence-electron chi connectivity index (χ1n) is 18.2. The van der Waals surface area contributed by atoms with Crippen molar-refractivity contribution in [1.29, 1.82) is 0 Å². The van der Waals surface area contributed by atoms with E-state index >= 15 is 0 Å². The third-order valence-electron chi connectivity index (χ3n) is 12.7. The van der Waals surface area contributed by atoms with Crippen molar-refractivity contribution >= 4 is 26.8 Å². The number of hydrogen-bond donors (Lipinski definition) is 0. The predicted octanol–water partition coefficient (Wildman–Crippen LogP) is 11.3. The van der Waals surface area contributed by atoms with Crippen molar-refractivity contribution in [3.05, 3.63) is 23.8 Å². The van der Waals surface area contributed by atoms with Crippen LogP contribution in [0.15, 0.2) is 18.2 Å². The van der Waals surface area contributed by atoms with Gasteiger partial charge in [-0.1, -0.05) is 111 Å².